The number of hydrogen-bond acceptors (Lipinski definition) is 3. The van der Waals surface area contributed by atoms with Gasteiger partial charge in [-0.15, -0.1) is 23.7 Å². The lowest BCUT2D eigenvalue weighted by Gasteiger charge is -2.13. The summed E-state index contributed by atoms with van der Waals surface area (Å²) in [7, 11) is 0. The number of benzene rings is 1. The molecule has 1 aliphatic heterocycles. The first-order valence-corrected chi connectivity index (χ1v) is 7.66. The van der Waals surface area contributed by atoms with Gasteiger partial charge in [-0.1, -0.05) is 37.3 Å². The topological polar surface area (TPSA) is 29.3 Å². The minimum atomic E-state index is 0. The Labute approximate surface area is 131 Å². The van der Waals surface area contributed by atoms with E-state index in [0.717, 1.165) is 19.6 Å². The van der Waals surface area contributed by atoms with Crippen molar-refractivity contribution in [3.05, 3.63) is 47.3 Å². The fourth-order valence-electron chi connectivity index (χ4n) is 2.67. The first-order chi connectivity index (χ1) is 9.22. The molecule has 1 saturated heterocycles. The summed E-state index contributed by atoms with van der Waals surface area (Å²) < 4.78 is 0. The Bertz CT molecular complexity index is 530. The third-order valence-corrected chi connectivity index (χ3v) is 4.96. The molecule has 1 fully saturated rings. The maximum Gasteiger partial charge on any atom is 0.0346 e. The minimum absolute atomic E-state index is 0. The predicted molar refractivity (Wildman–Crippen MR) is 89.4 cm³/mol. The number of rotatable bonds is 3. The van der Waals surface area contributed by atoms with Crippen molar-refractivity contribution >= 4 is 23.7 Å². The summed E-state index contributed by atoms with van der Waals surface area (Å²) in [6, 6.07) is 15.4. The monoisotopic (exact) mass is 308 g/mol. The number of halogens is 1. The highest BCUT2D eigenvalue weighted by molar-refractivity contribution is 7.15. The molecule has 2 N–H and O–H groups in total. The normalized spacial score (nSPS) is 22.7. The Hall–Kier alpha value is -0.870. The predicted octanol–water partition coefficient (Wildman–Crippen LogP) is 3.62. The molecule has 1 aliphatic rings. The summed E-state index contributed by atoms with van der Waals surface area (Å²) in [5.74, 6) is 0.619. The number of thiophene rings is 1. The van der Waals surface area contributed by atoms with E-state index in [1.807, 2.05) is 11.3 Å². The van der Waals surface area contributed by atoms with Gasteiger partial charge >= 0.3 is 0 Å². The first-order valence-electron chi connectivity index (χ1n) is 6.84. The molecule has 20 heavy (non-hydrogen) atoms. The zero-order valence-electron chi connectivity index (χ0n) is 11.7. The molecule has 108 valence electrons. The Kier molecular flexibility index (Phi) is 5.22. The van der Waals surface area contributed by atoms with Crippen molar-refractivity contribution in [1.29, 1.82) is 0 Å². The average Bonchev–Trinajstić information content (AvgIpc) is 2.99. The van der Waals surface area contributed by atoms with Crippen LogP contribution in [0.3, 0.4) is 0 Å². The molecule has 0 saturated carbocycles. The summed E-state index contributed by atoms with van der Waals surface area (Å²) in [5, 5.41) is 0. The highest BCUT2D eigenvalue weighted by Crippen LogP contribution is 2.29. The lowest BCUT2D eigenvalue weighted by atomic mass is 10.1. The number of nitrogens with two attached hydrogens (primary N) is 1. The van der Waals surface area contributed by atoms with Crippen LogP contribution in [-0.2, 0) is 6.54 Å². The molecule has 3 rings (SSSR count). The summed E-state index contributed by atoms with van der Waals surface area (Å²) in [6.45, 7) is 5.43. The van der Waals surface area contributed by atoms with E-state index in [1.54, 1.807) is 0 Å². The molecule has 2 nitrogen and oxygen atoms in total. The largest absolute Gasteiger partial charge is 0.326 e. The van der Waals surface area contributed by atoms with Crippen LogP contribution in [0, 0.1) is 5.92 Å². The maximum absolute atomic E-state index is 6.08. The van der Waals surface area contributed by atoms with E-state index in [4.69, 9.17) is 5.73 Å². The Morgan fingerprint density at radius 3 is 2.55 bits per heavy atom. The molecular weight excluding hydrogens is 288 g/mol. The second-order valence-corrected chi connectivity index (χ2v) is 6.64. The van der Waals surface area contributed by atoms with E-state index in [0.29, 0.717) is 12.0 Å². The second kappa shape index (κ2) is 6.72. The smallest absolute Gasteiger partial charge is 0.0346 e. The van der Waals surface area contributed by atoms with Crippen molar-refractivity contribution < 1.29 is 0 Å². The van der Waals surface area contributed by atoms with Crippen LogP contribution in [0.15, 0.2) is 42.5 Å². The molecule has 0 radical (unpaired) electrons. The third-order valence-electron chi connectivity index (χ3n) is 3.85. The summed E-state index contributed by atoms with van der Waals surface area (Å²) in [6.07, 6.45) is 0. The van der Waals surface area contributed by atoms with Gasteiger partial charge in [0.15, 0.2) is 0 Å². The zero-order valence-corrected chi connectivity index (χ0v) is 13.3. The molecule has 0 spiro atoms. The van der Waals surface area contributed by atoms with Crippen molar-refractivity contribution in [2.45, 2.75) is 19.5 Å². The van der Waals surface area contributed by atoms with E-state index < -0.39 is 0 Å². The summed E-state index contributed by atoms with van der Waals surface area (Å²) in [4.78, 5) is 5.25. The third kappa shape index (κ3) is 3.41. The van der Waals surface area contributed by atoms with Gasteiger partial charge in [-0.2, -0.15) is 0 Å². The van der Waals surface area contributed by atoms with E-state index in [-0.39, 0.29) is 12.4 Å². The van der Waals surface area contributed by atoms with Crippen LogP contribution in [-0.4, -0.2) is 24.0 Å². The van der Waals surface area contributed by atoms with Gasteiger partial charge in [-0.25, -0.2) is 0 Å². The fourth-order valence-corrected chi connectivity index (χ4v) is 3.72. The molecule has 2 atom stereocenters. The van der Waals surface area contributed by atoms with Crippen LogP contribution >= 0.6 is 23.7 Å². The number of nitrogens with zero attached hydrogens (tertiary/aromatic N) is 1. The van der Waals surface area contributed by atoms with E-state index in [2.05, 4.69) is 54.3 Å². The van der Waals surface area contributed by atoms with Crippen LogP contribution in [0.4, 0.5) is 0 Å². The molecule has 0 amide bonds. The van der Waals surface area contributed by atoms with Crippen LogP contribution in [0.1, 0.15) is 11.8 Å². The zero-order chi connectivity index (χ0) is 13.2. The molecule has 2 aromatic rings. The lowest BCUT2D eigenvalue weighted by molar-refractivity contribution is 0.322. The lowest BCUT2D eigenvalue weighted by Crippen LogP contribution is -2.28. The molecule has 2 unspecified atom stereocenters. The molecule has 0 bridgehead atoms. The standard InChI is InChI=1S/C16H20N2S.ClH/c1-12-9-18(11-15(12)17)10-14-7-8-16(19-14)13-5-3-2-4-6-13;/h2-8,12,15H,9-11,17H2,1H3;1H. The highest BCUT2D eigenvalue weighted by atomic mass is 35.5. The maximum atomic E-state index is 6.08. The Morgan fingerprint density at radius 2 is 1.90 bits per heavy atom. The van der Waals surface area contributed by atoms with Crippen molar-refractivity contribution in [3.8, 4) is 10.4 Å². The van der Waals surface area contributed by atoms with Gasteiger partial charge < -0.3 is 5.73 Å². The molecular formula is C16H21ClN2S. The summed E-state index contributed by atoms with van der Waals surface area (Å²) >= 11 is 1.89. The fraction of sp³-hybridized carbons (Fsp3) is 0.375. The van der Waals surface area contributed by atoms with Gasteiger partial charge in [0, 0.05) is 35.4 Å². The summed E-state index contributed by atoms with van der Waals surface area (Å²) in [5.41, 5.74) is 7.39. The Morgan fingerprint density at radius 1 is 1.15 bits per heavy atom. The number of likely N-dealkylation sites (tertiary alicyclic amines) is 1. The van der Waals surface area contributed by atoms with Crippen LogP contribution in [0.25, 0.3) is 10.4 Å². The van der Waals surface area contributed by atoms with Gasteiger partial charge in [0.1, 0.15) is 0 Å². The SMILES string of the molecule is CC1CN(Cc2ccc(-c3ccccc3)s2)CC1N.Cl. The van der Waals surface area contributed by atoms with Crippen molar-refractivity contribution in [2.24, 2.45) is 11.7 Å². The quantitative estimate of drug-likeness (QED) is 0.938. The number of hydrogen-bond donors (Lipinski definition) is 1. The molecule has 0 aliphatic carbocycles. The molecule has 4 heteroatoms. The van der Waals surface area contributed by atoms with Crippen LogP contribution < -0.4 is 5.73 Å². The van der Waals surface area contributed by atoms with E-state index >= 15 is 0 Å². The van der Waals surface area contributed by atoms with Crippen molar-refractivity contribution in [1.82, 2.24) is 4.90 Å². The molecule has 2 heterocycles. The van der Waals surface area contributed by atoms with Crippen molar-refractivity contribution in [3.63, 3.8) is 0 Å². The van der Waals surface area contributed by atoms with Crippen LogP contribution in [0.5, 0.6) is 0 Å². The van der Waals surface area contributed by atoms with Gasteiger partial charge in [0.25, 0.3) is 0 Å². The van der Waals surface area contributed by atoms with E-state index in [1.165, 1.54) is 15.3 Å². The van der Waals surface area contributed by atoms with Gasteiger partial charge in [-0.05, 0) is 23.6 Å². The first kappa shape index (κ1) is 15.5. The molecule has 1 aromatic heterocycles. The average molecular weight is 309 g/mol. The van der Waals surface area contributed by atoms with Crippen LogP contribution in [0.2, 0.25) is 0 Å². The second-order valence-electron chi connectivity index (χ2n) is 5.47. The van der Waals surface area contributed by atoms with E-state index in [9.17, 15) is 0 Å². The van der Waals surface area contributed by atoms with Gasteiger partial charge in [0.05, 0.1) is 0 Å². The van der Waals surface area contributed by atoms with Crippen molar-refractivity contribution in [2.75, 3.05) is 13.1 Å². The minimum Gasteiger partial charge on any atom is -0.326 e. The van der Waals surface area contributed by atoms with Gasteiger partial charge in [0.2, 0.25) is 0 Å². The highest BCUT2D eigenvalue weighted by Gasteiger charge is 2.26. The molecule has 1 aromatic carbocycles. The Balaban J connectivity index is 0.00000147. The van der Waals surface area contributed by atoms with Gasteiger partial charge in [-0.3, -0.25) is 4.90 Å².